The van der Waals surface area contributed by atoms with Crippen molar-refractivity contribution in [1.82, 2.24) is 24.6 Å². The summed E-state index contributed by atoms with van der Waals surface area (Å²) in [5.41, 5.74) is 8.74. The molecule has 9 heteroatoms. The Hall–Kier alpha value is -3.46. The highest BCUT2D eigenvalue weighted by Gasteiger charge is 2.21. The van der Waals surface area contributed by atoms with Crippen molar-refractivity contribution in [2.45, 2.75) is 6.92 Å². The number of carbonyl (C=O) groups is 2. The van der Waals surface area contributed by atoms with E-state index in [4.69, 9.17) is 5.73 Å². The number of nitrogens with two attached hydrogens (primary N) is 1. The number of fused-ring (bicyclic) bond motifs is 1. The quantitative estimate of drug-likeness (QED) is 0.624. The highest BCUT2D eigenvalue weighted by atomic mass is 16.2. The second-order valence-corrected chi connectivity index (χ2v) is 6.69. The van der Waals surface area contributed by atoms with Crippen LogP contribution < -0.4 is 16.4 Å². The number of piperazine rings is 1. The maximum Gasteiger partial charge on any atom is 0.257 e. The second kappa shape index (κ2) is 7.28. The zero-order valence-electron chi connectivity index (χ0n) is 15.5. The summed E-state index contributed by atoms with van der Waals surface area (Å²) in [7, 11) is 0. The molecule has 0 aromatic carbocycles. The van der Waals surface area contributed by atoms with Crippen molar-refractivity contribution in [2.24, 2.45) is 0 Å². The van der Waals surface area contributed by atoms with E-state index in [9.17, 15) is 9.59 Å². The molecule has 144 valence electrons. The molecule has 28 heavy (non-hydrogen) atoms. The summed E-state index contributed by atoms with van der Waals surface area (Å²) in [4.78, 5) is 34.4. The number of nitrogens with zero attached hydrogens (tertiary/aromatic N) is 4. The molecular formula is C19H21N7O2. The zero-order valence-corrected chi connectivity index (χ0v) is 15.5. The Morgan fingerprint density at radius 1 is 1.18 bits per heavy atom. The maximum atomic E-state index is 12.8. The summed E-state index contributed by atoms with van der Waals surface area (Å²) in [6.07, 6.45) is 5.26. The molecule has 0 aliphatic carbocycles. The van der Waals surface area contributed by atoms with Gasteiger partial charge in [-0.3, -0.25) is 9.59 Å². The van der Waals surface area contributed by atoms with E-state index in [-0.39, 0.29) is 17.6 Å². The number of rotatable bonds is 3. The number of carbonyl (C=O) groups excluding carboxylic acids is 2. The van der Waals surface area contributed by atoms with E-state index >= 15 is 0 Å². The topological polar surface area (TPSA) is 118 Å². The van der Waals surface area contributed by atoms with Gasteiger partial charge in [-0.1, -0.05) is 0 Å². The Bertz CT molecular complexity index is 1050. The van der Waals surface area contributed by atoms with Gasteiger partial charge in [-0.05, 0) is 18.2 Å². The third-order valence-electron chi connectivity index (χ3n) is 4.64. The maximum absolute atomic E-state index is 12.8. The fraction of sp³-hybridized carbons (Fsp3) is 0.263. The lowest BCUT2D eigenvalue weighted by Gasteiger charge is -2.27. The first-order chi connectivity index (χ1) is 13.5. The van der Waals surface area contributed by atoms with Gasteiger partial charge < -0.3 is 25.7 Å². The summed E-state index contributed by atoms with van der Waals surface area (Å²) in [6, 6.07) is 5.51. The minimum absolute atomic E-state index is 0.106. The van der Waals surface area contributed by atoms with Gasteiger partial charge in [-0.2, -0.15) is 0 Å². The lowest BCUT2D eigenvalue weighted by atomic mass is 10.1. The number of pyridine rings is 2. The Kier molecular flexibility index (Phi) is 4.66. The van der Waals surface area contributed by atoms with Gasteiger partial charge in [0, 0.05) is 56.6 Å². The van der Waals surface area contributed by atoms with E-state index in [1.165, 1.54) is 6.92 Å². The average molecular weight is 379 g/mol. The summed E-state index contributed by atoms with van der Waals surface area (Å²) in [6.45, 7) is 4.27. The van der Waals surface area contributed by atoms with Gasteiger partial charge in [0.05, 0.1) is 11.8 Å². The Morgan fingerprint density at radius 2 is 1.96 bits per heavy atom. The van der Waals surface area contributed by atoms with Crippen LogP contribution in [0.25, 0.3) is 16.8 Å². The molecule has 1 saturated heterocycles. The molecular weight excluding hydrogens is 358 g/mol. The van der Waals surface area contributed by atoms with Crippen LogP contribution in [0.1, 0.15) is 17.3 Å². The number of nitrogen functional groups attached to an aromatic ring is 1. The van der Waals surface area contributed by atoms with Crippen molar-refractivity contribution in [3.8, 4) is 11.1 Å². The smallest absolute Gasteiger partial charge is 0.257 e. The van der Waals surface area contributed by atoms with E-state index in [2.05, 4.69) is 20.6 Å². The van der Waals surface area contributed by atoms with Crippen LogP contribution in [0.4, 0.5) is 11.6 Å². The molecule has 2 amide bonds. The van der Waals surface area contributed by atoms with Crippen molar-refractivity contribution in [3.63, 3.8) is 0 Å². The first kappa shape index (κ1) is 17.9. The molecule has 0 bridgehead atoms. The first-order valence-corrected chi connectivity index (χ1v) is 9.03. The van der Waals surface area contributed by atoms with Crippen LogP contribution in [0.15, 0.2) is 36.8 Å². The summed E-state index contributed by atoms with van der Waals surface area (Å²) in [5.74, 6) is 0.422. The molecule has 0 saturated carbocycles. The fourth-order valence-corrected chi connectivity index (χ4v) is 3.25. The molecule has 3 aromatic rings. The van der Waals surface area contributed by atoms with Crippen LogP contribution in [0.5, 0.6) is 0 Å². The molecule has 0 radical (unpaired) electrons. The van der Waals surface area contributed by atoms with Crippen molar-refractivity contribution in [3.05, 3.63) is 42.4 Å². The number of hydrogen-bond donors (Lipinski definition) is 3. The van der Waals surface area contributed by atoms with Crippen LogP contribution in [0, 0.1) is 0 Å². The van der Waals surface area contributed by atoms with Crippen LogP contribution in [0.2, 0.25) is 0 Å². The van der Waals surface area contributed by atoms with E-state index in [0.29, 0.717) is 30.1 Å². The van der Waals surface area contributed by atoms with E-state index in [1.54, 1.807) is 23.4 Å². The first-order valence-electron chi connectivity index (χ1n) is 9.03. The van der Waals surface area contributed by atoms with Crippen LogP contribution in [-0.4, -0.2) is 57.3 Å². The van der Waals surface area contributed by atoms with E-state index in [1.807, 2.05) is 22.7 Å². The third-order valence-corrected chi connectivity index (χ3v) is 4.64. The standard InChI is InChI=1S/C19H21N7O2/c1-12(27)23-16-11-26-10-13(2-3-17(26)24-16)14-8-15(18(20)22-9-14)19(28)25-6-4-21-5-7-25/h2-3,8-11,21H,4-7H2,1H3,(H2,20,22)(H,23,27). The van der Waals surface area contributed by atoms with E-state index in [0.717, 1.165) is 24.2 Å². The lowest BCUT2D eigenvalue weighted by molar-refractivity contribution is -0.114. The predicted octanol–water partition coefficient (Wildman–Crippen LogP) is 0.982. The van der Waals surface area contributed by atoms with Crippen LogP contribution in [-0.2, 0) is 4.79 Å². The monoisotopic (exact) mass is 379 g/mol. The highest BCUT2D eigenvalue weighted by molar-refractivity contribution is 5.99. The largest absolute Gasteiger partial charge is 0.383 e. The number of nitrogens with one attached hydrogen (secondary N) is 2. The third kappa shape index (κ3) is 3.52. The van der Waals surface area contributed by atoms with Crippen LogP contribution in [0.3, 0.4) is 0 Å². The second-order valence-electron chi connectivity index (χ2n) is 6.69. The predicted molar refractivity (Wildman–Crippen MR) is 106 cm³/mol. The van der Waals surface area contributed by atoms with Gasteiger partial charge in [-0.25, -0.2) is 9.97 Å². The fourth-order valence-electron chi connectivity index (χ4n) is 3.25. The minimum Gasteiger partial charge on any atom is -0.383 e. The lowest BCUT2D eigenvalue weighted by Crippen LogP contribution is -2.46. The van der Waals surface area contributed by atoms with Crippen molar-refractivity contribution in [2.75, 3.05) is 37.2 Å². The molecule has 1 fully saturated rings. The molecule has 9 nitrogen and oxygen atoms in total. The van der Waals surface area contributed by atoms with Crippen LogP contribution >= 0.6 is 0 Å². The normalized spacial score (nSPS) is 14.2. The van der Waals surface area contributed by atoms with Gasteiger partial charge in [0.1, 0.15) is 11.5 Å². The Morgan fingerprint density at radius 3 is 2.71 bits per heavy atom. The zero-order chi connectivity index (χ0) is 19.7. The van der Waals surface area contributed by atoms with Gasteiger partial charge in [0.15, 0.2) is 5.82 Å². The van der Waals surface area contributed by atoms with Crippen molar-refractivity contribution in [1.29, 1.82) is 0 Å². The summed E-state index contributed by atoms with van der Waals surface area (Å²) >= 11 is 0. The Balaban J connectivity index is 1.67. The highest BCUT2D eigenvalue weighted by Crippen LogP contribution is 2.24. The average Bonchev–Trinajstić information content (AvgIpc) is 3.09. The summed E-state index contributed by atoms with van der Waals surface area (Å²) in [5, 5.41) is 5.89. The number of anilines is 2. The molecule has 4 N–H and O–H groups in total. The molecule has 0 spiro atoms. The number of imidazole rings is 1. The van der Waals surface area contributed by atoms with Crippen molar-refractivity contribution < 1.29 is 9.59 Å². The summed E-state index contributed by atoms with van der Waals surface area (Å²) < 4.78 is 1.81. The molecule has 1 aliphatic rings. The molecule has 3 aromatic heterocycles. The Labute approximate surface area is 161 Å². The molecule has 4 rings (SSSR count). The van der Waals surface area contributed by atoms with Gasteiger partial charge in [-0.15, -0.1) is 0 Å². The van der Waals surface area contributed by atoms with Gasteiger partial charge >= 0.3 is 0 Å². The molecule has 1 aliphatic heterocycles. The number of aromatic nitrogens is 3. The SMILES string of the molecule is CC(=O)Nc1cn2cc(-c3cnc(N)c(C(=O)N4CCNCC4)c3)ccc2n1. The van der Waals surface area contributed by atoms with Gasteiger partial charge in [0.2, 0.25) is 5.91 Å². The molecule has 0 atom stereocenters. The number of amides is 2. The van der Waals surface area contributed by atoms with E-state index < -0.39 is 0 Å². The number of hydrogen-bond acceptors (Lipinski definition) is 6. The minimum atomic E-state index is -0.178. The van der Waals surface area contributed by atoms with Gasteiger partial charge in [0.25, 0.3) is 5.91 Å². The molecule has 0 unspecified atom stereocenters. The van der Waals surface area contributed by atoms with Crippen molar-refractivity contribution >= 4 is 29.1 Å². The molecule has 4 heterocycles.